The molecule has 0 aliphatic carbocycles. The first kappa shape index (κ1) is 16.0. The van der Waals surface area contributed by atoms with Gasteiger partial charge in [0, 0.05) is 26.2 Å². The minimum atomic E-state index is -0.144. The molecule has 1 N–H and O–H groups in total. The van der Waals surface area contributed by atoms with Crippen molar-refractivity contribution in [2.75, 3.05) is 18.5 Å². The summed E-state index contributed by atoms with van der Waals surface area (Å²) in [7, 11) is 1.94. The van der Waals surface area contributed by atoms with E-state index in [-0.39, 0.29) is 11.2 Å². The van der Waals surface area contributed by atoms with Crippen LogP contribution in [0.1, 0.15) is 40.2 Å². The van der Waals surface area contributed by atoms with Crippen molar-refractivity contribution < 1.29 is 4.39 Å². The number of rotatable bonds is 5. The van der Waals surface area contributed by atoms with E-state index in [4.69, 9.17) is 0 Å². The Morgan fingerprint density at radius 3 is 2.37 bits per heavy atom. The Hall–Kier alpha value is -1.09. The summed E-state index contributed by atoms with van der Waals surface area (Å²) in [5.41, 5.74) is 1.81. The average molecular weight is 266 g/mol. The van der Waals surface area contributed by atoms with Crippen molar-refractivity contribution in [1.82, 2.24) is 5.32 Å². The van der Waals surface area contributed by atoms with Gasteiger partial charge in [0.25, 0.3) is 0 Å². The third-order valence-corrected chi connectivity index (χ3v) is 2.85. The molecule has 108 valence electrons. The summed E-state index contributed by atoms with van der Waals surface area (Å²) < 4.78 is 14.1. The largest absolute Gasteiger partial charge is 0.372 e. The Kier molecular flexibility index (Phi) is 5.36. The Bertz CT molecular complexity index is 408. The monoisotopic (exact) mass is 266 g/mol. The van der Waals surface area contributed by atoms with Gasteiger partial charge in [-0.25, -0.2) is 4.39 Å². The van der Waals surface area contributed by atoms with Gasteiger partial charge in [-0.15, -0.1) is 0 Å². The summed E-state index contributed by atoms with van der Waals surface area (Å²) in [5.74, 6) is -0.144. The summed E-state index contributed by atoms with van der Waals surface area (Å²) in [4.78, 5) is 1.98. The van der Waals surface area contributed by atoms with Crippen LogP contribution in [0, 0.1) is 11.2 Å². The maximum absolute atomic E-state index is 14.1. The van der Waals surface area contributed by atoms with Crippen molar-refractivity contribution in [3.63, 3.8) is 0 Å². The average Bonchev–Trinajstić information content (AvgIpc) is 2.23. The lowest BCUT2D eigenvalue weighted by Gasteiger charge is -2.28. The van der Waals surface area contributed by atoms with Gasteiger partial charge in [-0.2, -0.15) is 0 Å². The minimum Gasteiger partial charge on any atom is -0.372 e. The summed E-state index contributed by atoms with van der Waals surface area (Å²) in [6, 6.07) is 5.90. The number of nitrogens with one attached hydrogen (secondary N) is 1. The molecule has 0 amide bonds. The molecule has 0 aliphatic heterocycles. The zero-order valence-electron chi connectivity index (χ0n) is 13.0. The SMILES string of the molecule is CC(C)NCc1ccc(N(C)CC(C)(C)C)c(F)c1. The van der Waals surface area contributed by atoms with Crippen LogP contribution in [-0.2, 0) is 6.54 Å². The van der Waals surface area contributed by atoms with Crippen LogP contribution in [0.15, 0.2) is 18.2 Å². The highest BCUT2D eigenvalue weighted by molar-refractivity contribution is 5.48. The van der Waals surface area contributed by atoms with E-state index >= 15 is 0 Å². The smallest absolute Gasteiger partial charge is 0.146 e. The van der Waals surface area contributed by atoms with Crippen LogP contribution in [0.2, 0.25) is 0 Å². The molecule has 0 aromatic heterocycles. The number of nitrogens with zero attached hydrogens (tertiary/aromatic N) is 1. The van der Waals surface area contributed by atoms with Crippen molar-refractivity contribution in [3.8, 4) is 0 Å². The molecule has 0 heterocycles. The second-order valence-electron chi connectivity index (χ2n) is 6.74. The number of anilines is 1. The quantitative estimate of drug-likeness (QED) is 0.872. The van der Waals surface area contributed by atoms with Gasteiger partial charge in [0.2, 0.25) is 0 Å². The van der Waals surface area contributed by atoms with Gasteiger partial charge in [0.15, 0.2) is 0 Å². The third kappa shape index (κ3) is 5.60. The Labute approximate surface area is 117 Å². The zero-order chi connectivity index (χ0) is 14.6. The standard InChI is InChI=1S/C16H27FN2/c1-12(2)18-10-13-7-8-15(14(17)9-13)19(6)11-16(3,4)5/h7-9,12,18H,10-11H2,1-6H3. The molecule has 0 radical (unpaired) electrons. The van der Waals surface area contributed by atoms with Gasteiger partial charge >= 0.3 is 0 Å². The van der Waals surface area contributed by atoms with Gasteiger partial charge < -0.3 is 10.2 Å². The number of hydrogen-bond acceptors (Lipinski definition) is 2. The van der Waals surface area contributed by atoms with E-state index in [1.54, 1.807) is 6.07 Å². The molecular weight excluding hydrogens is 239 g/mol. The molecule has 1 rings (SSSR count). The fourth-order valence-corrected chi connectivity index (χ4v) is 2.09. The predicted molar refractivity (Wildman–Crippen MR) is 81.1 cm³/mol. The zero-order valence-corrected chi connectivity index (χ0v) is 13.0. The molecule has 0 fully saturated rings. The van der Waals surface area contributed by atoms with Crippen LogP contribution >= 0.6 is 0 Å². The van der Waals surface area contributed by atoms with Crippen LogP contribution in [0.5, 0.6) is 0 Å². The molecule has 0 bridgehead atoms. The summed E-state index contributed by atoms with van der Waals surface area (Å²) in [6.45, 7) is 12.2. The number of benzene rings is 1. The molecule has 1 aromatic carbocycles. The lowest BCUT2D eigenvalue weighted by molar-refractivity contribution is 0.417. The van der Waals surface area contributed by atoms with Crippen molar-refractivity contribution in [3.05, 3.63) is 29.6 Å². The molecule has 0 atom stereocenters. The third-order valence-electron chi connectivity index (χ3n) is 2.85. The van der Waals surface area contributed by atoms with Crippen molar-refractivity contribution in [2.45, 2.75) is 47.2 Å². The van der Waals surface area contributed by atoms with E-state index in [9.17, 15) is 4.39 Å². The van der Waals surface area contributed by atoms with Gasteiger partial charge in [0.1, 0.15) is 5.82 Å². The molecular formula is C16H27FN2. The first-order chi connectivity index (χ1) is 8.69. The fourth-order valence-electron chi connectivity index (χ4n) is 2.09. The summed E-state index contributed by atoms with van der Waals surface area (Å²) in [6.07, 6.45) is 0. The molecule has 0 aliphatic rings. The Morgan fingerprint density at radius 2 is 1.89 bits per heavy atom. The first-order valence-corrected chi connectivity index (χ1v) is 6.92. The van der Waals surface area contributed by atoms with Crippen LogP contribution in [0.25, 0.3) is 0 Å². The molecule has 3 heteroatoms. The van der Waals surface area contributed by atoms with E-state index in [0.29, 0.717) is 18.3 Å². The van der Waals surface area contributed by atoms with Crippen LogP contribution in [0.4, 0.5) is 10.1 Å². The van der Waals surface area contributed by atoms with E-state index in [0.717, 1.165) is 12.1 Å². The molecule has 0 saturated carbocycles. The minimum absolute atomic E-state index is 0.144. The predicted octanol–water partition coefficient (Wildman–Crippen LogP) is 3.81. The lowest BCUT2D eigenvalue weighted by Crippen LogP contribution is -2.29. The van der Waals surface area contributed by atoms with Crippen LogP contribution < -0.4 is 10.2 Å². The van der Waals surface area contributed by atoms with E-state index < -0.39 is 0 Å². The first-order valence-electron chi connectivity index (χ1n) is 6.92. The van der Waals surface area contributed by atoms with Crippen LogP contribution in [-0.4, -0.2) is 19.6 Å². The van der Waals surface area contributed by atoms with E-state index in [2.05, 4.69) is 39.9 Å². The lowest BCUT2D eigenvalue weighted by atomic mass is 9.96. The van der Waals surface area contributed by atoms with Crippen molar-refractivity contribution in [1.29, 1.82) is 0 Å². The fraction of sp³-hybridized carbons (Fsp3) is 0.625. The van der Waals surface area contributed by atoms with Gasteiger partial charge in [-0.1, -0.05) is 40.7 Å². The van der Waals surface area contributed by atoms with Crippen molar-refractivity contribution in [2.24, 2.45) is 5.41 Å². The highest BCUT2D eigenvalue weighted by Crippen LogP contribution is 2.23. The Balaban J connectivity index is 2.76. The molecule has 0 unspecified atom stereocenters. The molecule has 2 nitrogen and oxygen atoms in total. The summed E-state index contributed by atoms with van der Waals surface area (Å²) in [5, 5.41) is 3.30. The second-order valence-corrected chi connectivity index (χ2v) is 6.74. The number of hydrogen-bond donors (Lipinski definition) is 1. The van der Waals surface area contributed by atoms with E-state index in [1.807, 2.05) is 24.1 Å². The molecule has 0 spiro atoms. The second kappa shape index (κ2) is 6.38. The van der Waals surface area contributed by atoms with Crippen molar-refractivity contribution >= 4 is 5.69 Å². The maximum Gasteiger partial charge on any atom is 0.146 e. The molecule has 19 heavy (non-hydrogen) atoms. The van der Waals surface area contributed by atoms with Crippen LogP contribution in [0.3, 0.4) is 0 Å². The summed E-state index contributed by atoms with van der Waals surface area (Å²) >= 11 is 0. The van der Waals surface area contributed by atoms with E-state index in [1.165, 1.54) is 0 Å². The van der Waals surface area contributed by atoms with Gasteiger partial charge in [0.05, 0.1) is 5.69 Å². The Morgan fingerprint density at radius 1 is 1.26 bits per heavy atom. The highest BCUT2D eigenvalue weighted by Gasteiger charge is 2.16. The van der Waals surface area contributed by atoms with Gasteiger partial charge in [-0.3, -0.25) is 0 Å². The maximum atomic E-state index is 14.1. The molecule has 0 saturated heterocycles. The molecule has 1 aromatic rings. The normalized spacial score (nSPS) is 12.0. The number of halogens is 1. The highest BCUT2D eigenvalue weighted by atomic mass is 19.1. The topological polar surface area (TPSA) is 15.3 Å². The van der Waals surface area contributed by atoms with Gasteiger partial charge in [-0.05, 0) is 23.1 Å².